The van der Waals surface area contributed by atoms with Gasteiger partial charge >= 0.3 is 12.0 Å². The fraction of sp³-hybridized carbons (Fsp3) is 0.467. The Balaban J connectivity index is 2.56. The van der Waals surface area contributed by atoms with E-state index in [1.165, 1.54) is 7.11 Å². The van der Waals surface area contributed by atoms with E-state index < -0.39 is 12.0 Å². The van der Waals surface area contributed by atoms with Crippen LogP contribution in [0.3, 0.4) is 0 Å². The Bertz CT molecular complexity index is 649. The van der Waals surface area contributed by atoms with E-state index in [9.17, 15) is 14.9 Å². The Morgan fingerprint density at radius 2 is 2.09 bits per heavy atom. The second kappa shape index (κ2) is 6.89. The second-order valence-electron chi connectivity index (χ2n) is 4.93. The molecule has 0 radical (unpaired) electrons. The van der Waals surface area contributed by atoms with Crippen molar-refractivity contribution >= 4 is 17.8 Å². The summed E-state index contributed by atoms with van der Waals surface area (Å²) in [7, 11) is 1.27. The molecule has 0 atom stereocenters. The molecule has 1 aromatic rings. The van der Waals surface area contributed by atoms with Gasteiger partial charge in [0, 0.05) is 12.2 Å². The molecule has 1 heterocycles. The molecule has 0 aromatic carbocycles. The van der Waals surface area contributed by atoms with Gasteiger partial charge in [-0.2, -0.15) is 5.26 Å². The molecule has 0 aliphatic heterocycles. The van der Waals surface area contributed by atoms with E-state index in [2.05, 4.69) is 15.6 Å². The Kier molecular flexibility index (Phi) is 4.94. The molecule has 2 rings (SSSR count). The summed E-state index contributed by atoms with van der Waals surface area (Å²) in [5, 5.41) is 14.5. The molecular weight excluding hydrogens is 284 g/mol. The minimum Gasteiger partial charge on any atom is -0.465 e. The van der Waals surface area contributed by atoms with Gasteiger partial charge in [-0.15, -0.1) is 0 Å². The zero-order valence-corrected chi connectivity index (χ0v) is 12.7. The minimum atomic E-state index is -0.573. The number of nitriles is 1. The summed E-state index contributed by atoms with van der Waals surface area (Å²) in [5.74, 6) is -0.467. The lowest BCUT2D eigenvalue weighted by Gasteiger charge is -2.20. The van der Waals surface area contributed by atoms with Gasteiger partial charge in [0.05, 0.1) is 12.7 Å². The first-order valence-corrected chi connectivity index (χ1v) is 7.21. The molecule has 2 amide bonds. The van der Waals surface area contributed by atoms with E-state index in [0.29, 0.717) is 13.0 Å². The van der Waals surface area contributed by atoms with Gasteiger partial charge in [-0.3, -0.25) is 5.32 Å². The highest BCUT2D eigenvalue weighted by molar-refractivity contribution is 5.98. The first-order chi connectivity index (χ1) is 10.6. The van der Waals surface area contributed by atoms with Crippen LogP contribution in [0.2, 0.25) is 0 Å². The number of urea groups is 1. The van der Waals surface area contributed by atoms with Crippen molar-refractivity contribution in [2.24, 2.45) is 0 Å². The molecule has 0 unspecified atom stereocenters. The Hall–Kier alpha value is -2.62. The number of aryl methyl sites for hydroxylation is 1. The van der Waals surface area contributed by atoms with Gasteiger partial charge in [0.2, 0.25) is 0 Å². The predicted octanol–water partition coefficient (Wildman–Crippen LogP) is 1.76. The quantitative estimate of drug-likeness (QED) is 0.828. The molecule has 0 fully saturated rings. The van der Waals surface area contributed by atoms with E-state index in [-0.39, 0.29) is 16.9 Å². The van der Waals surface area contributed by atoms with Gasteiger partial charge < -0.3 is 10.1 Å². The standard InChI is InChI=1S/C15H18N4O3/c1-3-17-15(21)19-13-10(8-16)12(14(20)22-2)9-6-4-5-7-11(9)18-13/h3-7H2,1-2H3,(H2,17,18,19,21). The number of anilines is 1. The molecule has 1 aliphatic rings. The number of nitrogens with zero attached hydrogens (tertiary/aromatic N) is 2. The van der Waals surface area contributed by atoms with Crippen molar-refractivity contribution in [3.8, 4) is 6.07 Å². The van der Waals surface area contributed by atoms with Gasteiger partial charge in [0.1, 0.15) is 11.6 Å². The third kappa shape index (κ3) is 3.01. The number of pyridine rings is 1. The summed E-state index contributed by atoms with van der Waals surface area (Å²) in [4.78, 5) is 28.2. The Morgan fingerprint density at radius 3 is 2.73 bits per heavy atom. The van der Waals surface area contributed by atoms with Crippen LogP contribution in [0.5, 0.6) is 0 Å². The normalized spacial score (nSPS) is 12.8. The zero-order valence-electron chi connectivity index (χ0n) is 12.7. The Labute approximate surface area is 128 Å². The topological polar surface area (TPSA) is 104 Å². The van der Waals surface area contributed by atoms with Gasteiger partial charge in [-0.1, -0.05) is 0 Å². The van der Waals surface area contributed by atoms with Crippen LogP contribution in [0.1, 0.15) is 46.9 Å². The van der Waals surface area contributed by atoms with Crippen molar-refractivity contribution in [2.45, 2.75) is 32.6 Å². The van der Waals surface area contributed by atoms with Gasteiger partial charge in [0.15, 0.2) is 5.82 Å². The average molecular weight is 302 g/mol. The molecule has 7 heteroatoms. The van der Waals surface area contributed by atoms with Crippen LogP contribution in [-0.4, -0.2) is 30.6 Å². The number of carbonyl (C=O) groups excluding carboxylic acids is 2. The lowest BCUT2D eigenvalue weighted by atomic mass is 9.90. The number of hydrogen-bond donors (Lipinski definition) is 2. The van der Waals surface area contributed by atoms with E-state index in [1.807, 2.05) is 6.07 Å². The first-order valence-electron chi connectivity index (χ1n) is 7.21. The number of aromatic nitrogens is 1. The third-order valence-corrected chi connectivity index (χ3v) is 3.54. The highest BCUT2D eigenvalue weighted by atomic mass is 16.5. The predicted molar refractivity (Wildman–Crippen MR) is 79.6 cm³/mol. The molecule has 1 aliphatic carbocycles. The number of ether oxygens (including phenoxy) is 1. The Morgan fingerprint density at radius 1 is 1.36 bits per heavy atom. The largest absolute Gasteiger partial charge is 0.465 e. The molecule has 0 bridgehead atoms. The van der Waals surface area contributed by atoms with Crippen LogP contribution in [0.4, 0.5) is 10.6 Å². The number of amides is 2. The van der Waals surface area contributed by atoms with E-state index >= 15 is 0 Å². The highest BCUT2D eigenvalue weighted by Gasteiger charge is 2.27. The number of fused-ring (bicyclic) bond motifs is 1. The van der Waals surface area contributed by atoms with Crippen LogP contribution >= 0.6 is 0 Å². The maximum absolute atomic E-state index is 12.1. The SMILES string of the molecule is CCNC(=O)Nc1nc2c(c(C(=O)OC)c1C#N)CCCC2. The van der Waals surface area contributed by atoms with Gasteiger partial charge in [-0.25, -0.2) is 14.6 Å². The minimum absolute atomic E-state index is 0.0544. The molecule has 1 aromatic heterocycles. The van der Waals surface area contributed by atoms with Crippen LogP contribution in [-0.2, 0) is 17.6 Å². The average Bonchev–Trinajstić information content (AvgIpc) is 2.53. The van der Waals surface area contributed by atoms with Crippen LogP contribution in [0.25, 0.3) is 0 Å². The molecule has 2 N–H and O–H groups in total. The van der Waals surface area contributed by atoms with Crippen LogP contribution < -0.4 is 10.6 Å². The molecule has 0 spiro atoms. The molecule has 0 saturated heterocycles. The van der Waals surface area contributed by atoms with E-state index in [0.717, 1.165) is 30.5 Å². The monoisotopic (exact) mass is 302 g/mol. The number of methoxy groups -OCH3 is 1. The van der Waals surface area contributed by atoms with E-state index in [1.54, 1.807) is 6.92 Å². The number of rotatable bonds is 3. The third-order valence-electron chi connectivity index (χ3n) is 3.54. The van der Waals surface area contributed by atoms with Crippen LogP contribution in [0.15, 0.2) is 0 Å². The number of carbonyl (C=O) groups is 2. The maximum Gasteiger partial charge on any atom is 0.339 e. The number of hydrogen-bond acceptors (Lipinski definition) is 5. The lowest BCUT2D eigenvalue weighted by Crippen LogP contribution is -2.30. The molecule has 116 valence electrons. The number of nitrogens with one attached hydrogen (secondary N) is 2. The van der Waals surface area contributed by atoms with Crippen molar-refractivity contribution in [1.29, 1.82) is 5.26 Å². The molecule has 0 saturated carbocycles. The molecule has 22 heavy (non-hydrogen) atoms. The maximum atomic E-state index is 12.1. The highest BCUT2D eigenvalue weighted by Crippen LogP contribution is 2.30. The summed E-state index contributed by atoms with van der Waals surface area (Å²) >= 11 is 0. The number of esters is 1. The van der Waals surface area contributed by atoms with Crippen molar-refractivity contribution in [3.05, 3.63) is 22.4 Å². The second-order valence-corrected chi connectivity index (χ2v) is 4.93. The summed E-state index contributed by atoms with van der Waals surface area (Å²) in [6, 6.07) is 1.51. The first kappa shape index (κ1) is 15.8. The summed E-state index contributed by atoms with van der Waals surface area (Å²) in [6.45, 7) is 2.23. The summed E-state index contributed by atoms with van der Waals surface area (Å²) < 4.78 is 4.81. The van der Waals surface area contributed by atoms with Crippen molar-refractivity contribution in [1.82, 2.24) is 10.3 Å². The van der Waals surface area contributed by atoms with Gasteiger partial charge in [-0.05, 0) is 38.2 Å². The fourth-order valence-electron chi connectivity index (χ4n) is 2.58. The molecule has 7 nitrogen and oxygen atoms in total. The van der Waals surface area contributed by atoms with Crippen LogP contribution in [0, 0.1) is 11.3 Å². The van der Waals surface area contributed by atoms with Gasteiger partial charge in [0.25, 0.3) is 0 Å². The fourth-order valence-corrected chi connectivity index (χ4v) is 2.58. The lowest BCUT2D eigenvalue weighted by molar-refractivity contribution is 0.0598. The summed E-state index contributed by atoms with van der Waals surface area (Å²) in [5.41, 5.74) is 1.79. The smallest absolute Gasteiger partial charge is 0.339 e. The van der Waals surface area contributed by atoms with Crippen molar-refractivity contribution in [2.75, 3.05) is 19.0 Å². The van der Waals surface area contributed by atoms with Crippen molar-refractivity contribution < 1.29 is 14.3 Å². The molecular formula is C15H18N4O3. The summed E-state index contributed by atoms with van der Waals surface area (Å²) in [6.07, 6.45) is 3.30. The van der Waals surface area contributed by atoms with E-state index in [4.69, 9.17) is 4.74 Å². The zero-order chi connectivity index (χ0) is 16.1. The van der Waals surface area contributed by atoms with Crippen molar-refractivity contribution in [3.63, 3.8) is 0 Å².